The lowest BCUT2D eigenvalue weighted by Gasteiger charge is -2.25. The Kier molecular flexibility index (Phi) is 12.4. The number of nitrogens with zero attached hydrogens (tertiary/aromatic N) is 5. The van der Waals surface area contributed by atoms with Gasteiger partial charge in [-0.15, -0.1) is 0 Å². The summed E-state index contributed by atoms with van der Waals surface area (Å²) in [6.45, 7) is 0.769. The zero-order valence-electron chi connectivity index (χ0n) is 37.7. The molecule has 0 saturated heterocycles. The fourth-order valence-electron chi connectivity index (χ4n) is 9.48. The molecule has 2 N–H and O–H groups in total. The van der Waals surface area contributed by atoms with Crippen molar-refractivity contribution in [2.45, 2.75) is 131 Å². The first-order chi connectivity index (χ1) is 33.0. The Morgan fingerprint density at radius 1 is 0.915 bits per heavy atom. The first-order valence-corrected chi connectivity index (χ1v) is 25.8. The first-order valence-electron chi connectivity index (χ1n) is 22.4. The third kappa shape index (κ3) is 9.57. The molecule has 2 saturated carbocycles. The highest BCUT2D eigenvalue weighted by molar-refractivity contribution is 7.94. The highest BCUT2D eigenvalue weighted by Gasteiger charge is 2.54. The van der Waals surface area contributed by atoms with Crippen molar-refractivity contribution in [3.05, 3.63) is 92.0 Å². The molecule has 4 aliphatic carbocycles. The van der Waals surface area contributed by atoms with E-state index in [0.29, 0.717) is 41.1 Å². The number of sulfone groups is 1. The Morgan fingerprint density at radius 3 is 2.18 bits per heavy atom. The van der Waals surface area contributed by atoms with Crippen LogP contribution in [0.1, 0.15) is 104 Å². The van der Waals surface area contributed by atoms with E-state index in [9.17, 15) is 56.8 Å². The number of benzene rings is 2. The largest absolute Gasteiger partial charge is 0.435 e. The summed E-state index contributed by atoms with van der Waals surface area (Å²) in [6, 6.07) is 3.18. The SMILES string of the molecule is C[C@@H]1Cc2c(C(F)(F)F)nn(CC(=O)N[C@@H](Cc3cc(F)cc(F)c3)c3nc(C#CC(C)(C)S(=O)(=O)C4CC4)c4c(c3-c3ccc(Cl)c5c(NS(=O)(=O)C6CC6)nn(CC(F)(F)F)c35)CCC4)c2C1(F)F. The molecule has 3 aromatic heterocycles. The molecular formula is C46H42ClF10N7O5S2. The second-order valence-electron chi connectivity index (χ2n) is 19.0. The molecular weight excluding hydrogens is 1020 g/mol. The van der Waals surface area contributed by atoms with Crippen LogP contribution in [0.5, 0.6) is 0 Å². The third-order valence-electron chi connectivity index (χ3n) is 13.2. The van der Waals surface area contributed by atoms with Crippen LogP contribution < -0.4 is 10.0 Å². The maximum Gasteiger partial charge on any atom is 0.435 e. The predicted octanol–water partition coefficient (Wildman–Crippen LogP) is 9.29. The van der Waals surface area contributed by atoms with Gasteiger partial charge in [-0.1, -0.05) is 30.5 Å². The number of hydrogen-bond acceptors (Lipinski definition) is 8. The minimum atomic E-state index is -5.21. The Bertz CT molecular complexity index is 3310. The molecule has 0 unspecified atom stereocenters. The summed E-state index contributed by atoms with van der Waals surface area (Å²) in [5.74, 6) is -3.79. The van der Waals surface area contributed by atoms with Gasteiger partial charge in [0, 0.05) is 28.7 Å². The van der Waals surface area contributed by atoms with Crippen molar-refractivity contribution in [1.29, 1.82) is 0 Å². The summed E-state index contributed by atoms with van der Waals surface area (Å²) < 4.78 is 202. The molecule has 0 bridgehead atoms. The maximum absolute atomic E-state index is 15.6. The third-order valence-corrected chi connectivity index (χ3v) is 18.2. The van der Waals surface area contributed by atoms with E-state index >= 15 is 8.78 Å². The molecule has 1 amide bonds. The van der Waals surface area contributed by atoms with Crippen LogP contribution in [0.3, 0.4) is 0 Å². The summed E-state index contributed by atoms with van der Waals surface area (Å²) in [7, 11) is -8.02. The molecule has 0 radical (unpaired) electrons. The summed E-state index contributed by atoms with van der Waals surface area (Å²) in [5.41, 5.74) is -3.84. The number of halogens is 11. The highest BCUT2D eigenvalue weighted by atomic mass is 35.5. The normalized spacial score (nSPS) is 18.5. The molecule has 0 aliphatic heterocycles. The van der Waals surface area contributed by atoms with Crippen LogP contribution in [0.2, 0.25) is 5.02 Å². The predicted molar refractivity (Wildman–Crippen MR) is 239 cm³/mol. The fourth-order valence-corrected chi connectivity index (χ4v) is 12.8. The number of pyridine rings is 1. The number of carbonyl (C=O) groups is 1. The van der Waals surface area contributed by atoms with E-state index in [1.54, 1.807) is 0 Å². The van der Waals surface area contributed by atoms with E-state index in [4.69, 9.17) is 16.6 Å². The summed E-state index contributed by atoms with van der Waals surface area (Å²) in [4.78, 5) is 19.2. The smallest absolute Gasteiger partial charge is 0.346 e. The second-order valence-corrected chi connectivity index (χ2v) is 24.1. The number of alkyl halides is 8. The average molecular weight is 1060 g/mol. The van der Waals surface area contributed by atoms with Gasteiger partial charge in [0.1, 0.15) is 40.9 Å². The number of rotatable bonds is 13. The van der Waals surface area contributed by atoms with Gasteiger partial charge in [-0.3, -0.25) is 18.9 Å². The van der Waals surface area contributed by atoms with Crippen LogP contribution in [-0.4, -0.2) is 68.7 Å². The van der Waals surface area contributed by atoms with Crippen molar-refractivity contribution in [2.75, 3.05) is 4.72 Å². The van der Waals surface area contributed by atoms with E-state index in [2.05, 4.69) is 32.1 Å². The monoisotopic (exact) mass is 1060 g/mol. The lowest BCUT2D eigenvalue weighted by Crippen LogP contribution is -2.35. The number of amides is 1. The van der Waals surface area contributed by atoms with Crippen LogP contribution in [0.15, 0.2) is 30.3 Å². The van der Waals surface area contributed by atoms with Gasteiger partial charge >= 0.3 is 12.4 Å². The Labute approximate surface area is 404 Å². The molecule has 12 nitrogen and oxygen atoms in total. The Morgan fingerprint density at radius 2 is 1.56 bits per heavy atom. The number of fused-ring (bicyclic) bond motifs is 3. The number of sulfonamides is 1. The van der Waals surface area contributed by atoms with Gasteiger partial charge in [-0.05, 0) is 112 Å². The Balaban J connectivity index is 1.29. The molecule has 380 valence electrons. The minimum Gasteiger partial charge on any atom is -0.346 e. The van der Waals surface area contributed by atoms with Crippen molar-refractivity contribution in [3.63, 3.8) is 0 Å². The van der Waals surface area contributed by atoms with Gasteiger partial charge in [-0.25, -0.2) is 30.6 Å². The molecule has 2 aromatic carbocycles. The van der Waals surface area contributed by atoms with E-state index in [1.807, 2.05) is 0 Å². The number of anilines is 1. The van der Waals surface area contributed by atoms with Crippen molar-refractivity contribution < 1.29 is 65.5 Å². The molecule has 25 heteroatoms. The van der Waals surface area contributed by atoms with Gasteiger partial charge in [0.05, 0.1) is 38.2 Å². The maximum atomic E-state index is 15.6. The lowest BCUT2D eigenvalue weighted by atomic mass is 9.88. The number of aromatic nitrogens is 5. The van der Waals surface area contributed by atoms with E-state index in [0.717, 1.165) is 19.1 Å². The summed E-state index contributed by atoms with van der Waals surface area (Å²) >= 11 is 6.69. The van der Waals surface area contributed by atoms with Gasteiger partial charge in [-0.2, -0.15) is 45.3 Å². The molecule has 2 fully saturated rings. The molecule has 3 heterocycles. The first kappa shape index (κ1) is 50.5. The summed E-state index contributed by atoms with van der Waals surface area (Å²) in [6.07, 6.45) is -9.42. The van der Waals surface area contributed by atoms with Crippen LogP contribution in [0.4, 0.5) is 49.7 Å². The van der Waals surface area contributed by atoms with E-state index in [-0.39, 0.29) is 74.4 Å². The lowest BCUT2D eigenvalue weighted by molar-refractivity contribution is -0.143. The standard InChI is InChI=1S/C46H42ClF10N7O5S2/c1-22-15-31-40(46(55,56)57)60-63(41(31)45(22,53)54)20-35(65)58-34(18-23-16-24(48)19-25(49)17-23)38-36(29-6-4-5-28(29)33(59-38)13-14-43(2,3)70(66,67)26-7-8-26)30-11-12-32(47)37-39(30)64(21-44(50,51)52)61-42(37)62-71(68,69)27-9-10-27/h11-12,16-17,19,22,26-27,34H,4-10,15,18,20-21H2,1-3H3,(H,58,65)(H,61,62)/t22-,34+/m1/s1. The molecule has 71 heavy (non-hydrogen) atoms. The molecule has 9 rings (SSSR count). The minimum absolute atomic E-state index is 0.0172. The van der Waals surface area contributed by atoms with Gasteiger partial charge in [0.2, 0.25) is 15.9 Å². The fraction of sp³-hybridized carbons (Fsp3) is 0.478. The van der Waals surface area contributed by atoms with Crippen molar-refractivity contribution >= 4 is 54.1 Å². The van der Waals surface area contributed by atoms with Gasteiger partial charge in [0.15, 0.2) is 21.3 Å². The second kappa shape index (κ2) is 17.4. The van der Waals surface area contributed by atoms with Crippen LogP contribution in [0, 0.1) is 29.4 Å². The average Bonchev–Trinajstić information content (AvgIpc) is 4.16. The van der Waals surface area contributed by atoms with Crippen molar-refractivity contribution in [3.8, 4) is 23.0 Å². The van der Waals surface area contributed by atoms with Crippen molar-refractivity contribution in [1.82, 2.24) is 29.9 Å². The molecule has 0 spiro atoms. The topological polar surface area (TPSA) is 158 Å². The highest BCUT2D eigenvalue weighted by Crippen LogP contribution is 2.50. The zero-order chi connectivity index (χ0) is 51.5. The van der Waals surface area contributed by atoms with Gasteiger partial charge in [0.25, 0.3) is 5.92 Å². The van der Waals surface area contributed by atoms with Crippen LogP contribution >= 0.6 is 11.6 Å². The number of hydrogen-bond donors (Lipinski definition) is 2. The van der Waals surface area contributed by atoms with Crippen LogP contribution in [-0.2, 0) is 75.5 Å². The van der Waals surface area contributed by atoms with Crippen LogP contribution in [0.25, 0.3) is 22.0 Å². The number of carbonyl (C=O) groups excluding carboxylic acids is 1. The summed E-state index contributed by atoms with van der Waals surface area (Å²) in [5, 5.41) is 8.01. The quantitative estimate of drug-likeness (QED) is 0.0873. The molecule has 2 atom stereocenters. The Hall–Kier alpha value is -5.41. The molecule has 4 aliphatic rings. The van der Waals surface area contributed by atoms with Gasteiger partial charge < -0.3 is 5.32 Å². The zero-order valence-corrected chi connectivity index (χ0v) is 40.1. The molecule has 5 aromatic rings. The number of nitrogens with one attached hydrogen (secondary N) is 2. The van der Waals surface area contributed by atoms with E-state index in [1.165, 1.54) is 26.0 Å². The van der Waals surface area contributed by atoms with E-state index < -0.39 is 132 Å². The van der Waals surface area contributed by atoms with Crippen molar-refractivity contribution in [2.24, 2.45) is 5.92 Å².